The van der Waals surface area contributed by atoms with Crippen LogP contribution in [0.2, 0.25) is 0 Å². The lowest BCUT2D eigenvalue weighted by atomic mass is 10.1. The summed E-state index contributed by atoms with van der Waals surface area (Å²) in [5.74, 6) is -1.16. The van der Waals surface area contributed by atoms with Gasteiger partial charge >= 0.3 is 0 Å². The fraction of sp³-hybridized carbons (Fsp3) is 0.333. The summed E-state index contributed by atoms with van der Waals surface area (Å²) >= 11 is 0. The van der Waals surface area contributed by atoms with Crippen LogP contribution in [-0.4, -0.2) is 36.7 Å². The van der Waals surface area contributed by atoms with Gasteiger partial charge in [0.25, 0.3) is 0 Å². The molecule has 0 aliphatic heterocycles. The van der Waals surface area contributed by atoms with Gasteiger partial charge in [-0.05, 0) is 23.8 Å². The molecule has 0 atom stereocenters. The van der Waals surface area contributed by atoms with Crippen LogP contribution in [0.5, 0.6) is 0 Å². The molecule has 0 saturated carbocycles. The molecule has 0 aliphatic carbocycles. The maximum atomic E-state index is 13.3. The Kier molecular flexibility index (Phi) is 6.41. The minimum atomic E-state index is -0.529. The van der Waals surface area contributed by atoms with Gasteiger partial charge in [0.2, 0.25) is 5.91 Å². The molecule has 1 amide bonds. The normalized spacial score (nSPS) is 11.6. The largest absolute Gasteiger partial charge is 0.409 e. The number of ether oxygens (including phenoxy) is 1. The van der Waals surface area contributed by atoms with Crippen molar-refractivity contribution >= 4 is 11.7 Å². The summed E-state index contributed by atoms with van der Waals surface area (Å²) in [4.78, 5) is 10.4. The number of carbonyl (C=O) groups is 1. The van der Waals surface area contributed by atoms with Gasteiger partial charge < -0.3 is 26.7 Å². The summed E-state index contributed by atoms with van der Waals surface area (Å²) in [6, 6.07) is 4.12. The van der Waals surface area contributed by atoms with Crippen molar-refractivity contribution in [2.24, 2.45) is 16.6 Å². The van der Waals surface area contributed by atoms with E-state index in [0.717, 1.165) is 0 Å². The molecule has 7 nitrogen and oxygen atoms in total. The molecular formula is C12H17FN4O3. The third kappa shape index (κ3) is 5.63. The first-order valence-corrected chi connectivity index (χ1v) is 5.87. The van der Waals surface area contributed by atoms with Crippen molar-refractivity contribution in [1.29, 1.82) is 0 Å². The summed E-state index contributed by atoms with van der Waals surface area (Å²) in [6.45, 7) is 1.03. The molecule has 1 aromatic carbocycles. The van der Waals surface area contributed by atoms with E-state index in [1.165, 1.54) is 12.1 Å². The zero-order valence-electron chi connectivity index (χ0n) is 10.8. The number of nitrogens with zero attached hydrogens (tertiary/aromatic N) is 1. The summed E-state index contributed by atoms with van der Waals surface area (Å²) < 4.78 is 18.3. The Bertz CT molecular complexity index is 494. The van der Waals surface area contributed by atoms with Crippen LogP contribution in [0.15, 0.2) is 23.4 Å². The number of hydrogen-bond donors (Lipinski definition) is 4. The van der Waals surface area contributed by atoms with E-state index in [1.54, 1.807) is 6.07 Å². The molecule has 8 heteroatoms. The minimum Gasteiger partial charge on any atom is -0.409 e. The molecule has 110 valence electrons. The zero-order chi connectivity index (χ0) is 15.0. The third-order valence-electron chi connectivity index (χ3n) is 2.36. The molecule has 0 saturated heterocycles. The topological polar surface area (TPSA) is 123 Å². The van der Waals surface area contributed by atoms with Gasteiger partial charge in [-0.25, -0.2) is 4.39 Å². The lowest BCUT2D eigenvalue weighted by molar-refractivity contribution is -0.122. The predicted molar refractivity (Wildman–Crippen MR) is 70.6 cm³/mol. The van der Waals surface area contributed by atoms with E-state index in [-0.39, 0.29) is 12.4 Å². The van der Waals surface area contributed by atoms with Crippen molar-refractivity contribution in [3.05, 3.63) is 35.1 Å². The van der Waals surface area contributed by atoms with Crippen LogP contribution < -0.4 is 16.8 Å². The van der Waals surface area contributed by atoms with Crippen molar-refractivity contribution in [3.8, 4) is 0 Å². The second-order valence-electron chi connectivity index (χ2n) is 4.03. The highest BCUT2D eigenvalue weighted by molar-refractivity contribution is 5.97. The van der Waals surface area contributed by atoms with Gasteiger partial charge in [-0.1, -0.05) is 5.16 Å². The van der Waals surface area contributed by atoms with Crippen molar-refractivity contribution < 1.29 is 19.1 Å². The molecule has 1 aromatic rings. The highest BCUT2D eigenvalue weighted by Crippen LogP contribution is 2.09. The van der Waals surface area contributed by atoms with Crippen LogP contribution in [0.4, 0.5) is 4.39 Å². The first-order chi connectivity index (χ1) is 9.52. The van der Waals surface area contributed by atoms with E-state index in [9.17, 15) is 9.18 Å². The van der Waals surface area contributed by atoms with Crippen LogP contribution in [0.1, 0.15) is 11.1 Å². The molecule has 0 aromatic heterocycles. The molecule has 0 bridgehead atoms. The standard InChI is InChI=1S/C12H17FN4O3/c13-10-4-8(3-9(5-10)12(15)17-19)6-16-1-2-20-7-11(14)18/h3-5,16,19H,1-2,6-7H2,(H2,14,18)(H2,15,17). The van der Waals surface area contributed by atoms with Gasteiger partial charge in [-0.15, -0.1) is 0 Å². The molecule has 0 aliphatic rings. The van der Waals surface area contributed by atoms with Gasteiger partial charge in [0, 0.05) is 18.7 Å². The van der Waals surface area contributed by atoms with Crippen LogP contribution in [0, 0.1) is 5.82 Å². The quantitative estimate of drug-likeness (QED) is 0.169. The van der Waals surface area contributed by atoms with Crippen molar-refractivity contribution in [2.45, 2.75) is 6.54 Å². The number of nitrogens with two attached hydrogens (primary N) is 2. The first-order valence-electron chi connectivity index (χ1n) is 5.87. The summed E-state index contributed by atoms with van der Waals surface area (Å²) in [5, 5.41) is 14.4. The van der Waals surface area contributed by atoms with E-state index in [2.05, 4.69) is 10.5 Å². The van der Waals surface area contributed by atoms with Gasteiger partial charge in [-0.2, -0.15) is 0 Å². The number of primary amides is 1. The molecule has 6 N–H and O–H groups in total. The second kappa shape index (κ2) is 8.08. The van der Waals surface area contributed by atoms with E-state index >= 15 is 0 Å². The highest BCUT2D eigenvalue weighted by Gasteiger charge is 2.04. The Labute approximate surface area is 115 Å². The van der Waals surface area contributed by atoms with Gasteiger partial charge in [0.05, 0.1) is 6.61 Å². The number of nitrogens with one attached hydrogen (secondary N) is 1. The van der Waals surface area contributed by atoms with Crippen LogP contribution >= 0.6 is 0 Å². The van der Waals surface area contributed by atoms with E-state index in [0.29, 0.717) is 30.8 Å². The van der Waals surface area contributed by atoms with Crippen molar-refractivity contribution in [1.82, 2.24) is 5.32 Å². The Hall–Kier alpha value is -2.19. The monoisotopic (exact) mass is 284 g/mol. The number of oxime groups is 1. The Morgan fingerprint density at radius 3 is 2.80 bits per heavy atom. The molecule has 1 rings (SSSR count). The zero-order valence-corrected chi connectivity index (χ0v) is 10.8. The molecule has 0 heterocycles. The summed E-state index contributed by atoms with van der Waals surface area (Å²) in [5.41, 5.74) is 11.2. The number of rotatable bonds is 8. The Balaban J connectivity index is 2.44. The number of halogens is 1. The summed E-state index contributed by atoms with van der Waals surface area (Å²) in [6.07, 6.45) is 0. The molecule has 0 unspecified atom stereocenters. The first kappa shape index (κ1) is 15.9. The maximum Gasteiger partial charge on any atom is 0.243 e. The average Bonchev–Trinajstić information content (AvgIpc) is 2.40. The van der Waals surface area contributed by atoms with E-state index in [4.69, 9.17) is 21.4 Å². The Morgan fingerprint density at radius 1 is 1.40 bits per heavy atom. The van der Waals surface area contributed by atoms with Gasteiger partial charge in [-0.3, -0.25) is 4.79 Å². The fourth-order valence-electron chi connectivity index (χ4n) is 1.51. The van der Waals surface area contributed by atoms with E-state index < -0.39 is 11.7 Å². The van der Waals surface area contributed by atoms with Gasteiger partial charge in [0.15, 0.2) is 5.84 Å². The molecular weight excluding hydrogens is 267 g/mol. The third-order valence-corrected chi connectivity index (χ3v) is 2.36. The number of amidine groups is 1. The fourth-order valence-corrected chi connectivity index (χ4v) is 1.51. The Morgan fingerprint density at radius 2 is 2.15 bits per heavy atom. The highest BCUT2D eigenvalue weighted by atomic mass is 19.1. The second-order valence-corrected chi connectivity index (χ2v) is 4.03. The van der Waals surface area contributed by atoms with Gasteiger partial charge in [0.1, 0.15) is 12.4 Å². The maximum absolute atomic E-state index is 13.3. The smallest absolute Gasteiger partial charge is 0.243 e. The lowest BCUT2D eigenvalue weighted by Crippen LogP contribution is -2.24. The van der Waals surface area contributed by atoms with Crippen LogP contribution in [0.25, 0.3) is 0 Å². The minimum absolute atomic E-state index is 0.130. The molecule has 0 spiro atoms. The molecule has 0 radical (unpaired) electrons. The SMILES string of the molecule is NC(=O)COCCNCc1cc(F)cc(/C(N)=N/O)c1. The average molecular weight is 284 g/mol. The number of benzene rings is 1. The predicted octanol–water partition coefficient (Wildman–Crippen LogP) is -0.488. The lowest BCUT2D eigenvalue weighted by Gasteiger charge is -2.07. The molecule has 0 fully saturated rings. The molecule has 20 heavy (non-hydrogen) atoms. The number of carbonyl (C=O) groups excluding carboxylic acids is 1. The van der Waals surface area contributed by atoms with Crippen LogP contribution in [-0.2, 0) is 16.1 Å². The number of hydrogen-bond acceptors (Lipinski definition) is 5. The van der Waals surface area contributed by atoms with E-state index in [1.807, 2.05) is 0 Å². The number of amides is 1. The van der Waals surface area contributed by atoms with Crippen molar-refractivity contribution in [2.75, 3.05) is 19.8 Å². The van der Waals surface area contributed by atoms with Crippen LogP contribution in [0.3, 0.4) is 0 Å². The van der Waals surface area contributed by atoms with Crippen molar-refractivity contribution in [3.63, 3.8) is 0 Å². The summed E-state index contributed by atoms with van der Waals surface area (Å²) in [7, 11) is 0.